The van der Waals surface area contributed by atoms with E-state index in [1.54, 1.807) is 0 Å². The fourth-order valence-corrected chi connectivity index (χ4v) is 2.55. The lowest BCUT2D eigenvalue weighted by Gasteiger charge is -2.12. The molecule has 0 aromatic heterocycles. The SMILES string of the molecule is NCCS(=O)(=O)Nc1cc(C(F)(F)F)ccc1Br. The number of halogens is 4. The maximum absolute atomic E-state index is 12.5. The zero-order chi connectivity index (χ0) is 14.0. The lowest BCUT2D eigenvalue weighted by molar-refractivity contribution is -0.137. The quantitative estimate of drug-likeness (QED) is 0.877. The normalized spacial score (nSPS) is 12.5. The summed E-state index contributed by atoms with van der Waals surface area (Å²) in [6.07, 6.45) is -4.53. The predicted molar refractivity (Wildman–Crippen MR) is 65.6 cm³/mol. The highest BCUT2D eigenvalue weighted by atomic mass is 79.9. The van der Waals surface area contributed by atoms with Gasteiger partial charge >= 0.3 is 6.18 Å². The molecule has 0 radical (unpaired) electrons. The molecule has 0 saturated carbocycles. The number of sulfonamides is 1. The highest BCUT2D eigenvalue weighted by Gasteiger charge is 2.31. The summed E-state index contributed by atoms with van der Waals surface area (Å²) in [6, 6.07) is 2.70. The lowest BCUT2D eigenvalue weighted by atomic mass is 10.2. The van der Waals surface area contributed by atoms with Crippen molar-refractivity contribution < 1.29 is 21.6 Å². The lowest BCUT2D eigenvalue weighted by Crippen LogP contribution is -2.22. The molecule has 102 valence electrons. The van der Waals surface area contributed by atoms with Crippen LogP contribution in [0.2, 0.25) is 0 Å². The van der Waals surface area contributed by atoms with Crippen LogP contribution >= 0.6 is 15.9 Å². The zero-order valence-corrected chi connectivity index (χ0v) is 11.4. The number of benzene rings is 1. The Morgan fingerprint density at radius 3 is 2.44 bits per heavy atom. The monoisotopic (exact) mass is 346 g/mol. The third-order valence-corrected chi connectivity index (χ3v) is 3.94. The Morgan fingerprint density at radius 2 is 1.94 bits per heavy atom. The van der Waals surface area contributed by atoms with Crippen LogP contribution in [0.5, 0.6) is 0 Å². The molecule has 0 spiro atoms. The average molecular weight is 347 g/mol. The molecule has 0 aliphatic rings. The van der Waals surface area contributed by atoms with Crippen LogP contribution in [-0.2, 0) is 16.2 Å². The molecule has 0 saturated heterocycles. The second-order valence-electron chi connectivity index (χ2n) is 3.40. The molecule has 9 heteroatoms. The number of nitrogens with one attached hydrogen (secondary N) is 1. The maximum atomic E-state index is 12.5. The second-order valence-corrected chi connectivity index (χ2v) is 6.10. The molecule has 0 bridgehead atoms. The molecule has 18 heavy (non-hydrogen) atoms. The summed E-state index contributed by atoms with van der Waals surface area (Å²) in [7, 11) is -3.74. The van der Waals surface area contributed by atoms with E-state index in [1.807, 2.05) is 4.72 Å². The number of anilines is 1. The molecule has 1 rings (SSSR count). The van der Waals surface area contributed by atoms with Crippen LogP contribution in [0.1, 0.15) is 5.56 Å². The maximum Gasteiger partial charge on any atom is 0.416 e. The Bertz CT molecular complexity index is 531. The van der Waals surface area contributed by atoms with Gasteiger partial charge in [0, 0.05) is 11.0 Å². The molecule has 0 fully saturated rings. The van der Waals surface area contributed by atoms with Crippen LogP contribution in [0.3, 0.4) is 0 Å². The molecule has 0 atom stereocenters. The first-order chi connectivity index (χ1) is 8.15. The molecule has 1 aromatic rings. The van der Waals surface area contributed by atoms with E-state index < -0.39 is 21.8 Å². The van der Waals surface area contributed by atoms with Gasteiger partial charge in [-0.3, -0.25) is 4.72 Å². The van der Waals surface area contributed by atoms with Crippen molar-refractivity contribution in [1.29, 1.82) is 0 Å². The van der Waals surface area contributed by atoms with Gasteiger partial charge in [0.05, 0.1) is 17.0 Å². The fourth-order valence-electron chi connectivity index (χ4n) is 1.15. The number of nitrogens with two attached hydrogens (primary N) is 1. The zero-order valence-electron chi connectivity index (χ0n) is 8.96. The number of hydrogen-bond acceptors (Lipinski definition) is 3. The van der Waals surface area contributed by atoms with Crippen molar-refractivity contribution in [2.75, 3.05) is 17.0 Å². The Hall–Kier alpha value is -0.800. The van der Waals surface area contributed by atoms with Gasteiger partial charge in [-0.1, -0.05) is 0 Å². The number of rotatable bonds is 4. The second kappa shape index (κ2) is 5.45. The summed E-state index contributed by atoms with van der Waals surface area (Å²) >= 11 is 2.98. The molecular formula is C9H10BrF3N2O2S. The van der Waals surface area contributed by atoms with Gasteiger partial charge < -0.3 is 5.73 Å². The Balaban J connectivity index is 3.10. The predicted octanol–water partition coefficient (Wildman–Crippen LogP) is 2.17. The van der Waals surface area contributed by atoms with Crippen molar-refractivity contribution in [2.45, 2.75) is 6.18 Å². The van der Waals surface area contributed by atoms with E-state index in [0.717, 1.165) is 18.2 Å². The smallest absolute Gasteiger partial charge is 0.329 e. The van der Waals surface area contributed by atoms with E-state index in [9.17, 15) is 21.6 Å². The van der Waals surface area contributed by atoms with E-state index >= 15 is 0 Å². The van der Waals surface area contributed by atoms with Crippen molar-refractivity contribution in [3.05, 3.63) is 28.2 Å². The topological polar surface area (TPSA) is 72.2 Å². The van der Waals surface area contributed by atoms with Gasteiger partial charge in [0.2, 0.25) is 10.0 Å². The molecule has 0 aliphatic heterocycles. The van der Waals surface area contributed by atoms with Crippen molar-refractivity contribution in [1.82, 2.24) is 0 Å². The summed E-state index contributed by atoms with van der Waals surface area (Å²) in [5, 5.41) is 0. The number of alkyl halides is 3. The Labute approximate surface area is 111 Å². The minimum atomic E-state index is -4.53. The first kappa shape index (κ1) is 15.3. The van der Waals surface area contributed by atoms with Gasteiger partial charge in [-0.25, -0.2) is 8.42 Å². The van der Waals surface area contributed by atoms with E-state index in [4.69, 9.17) is 5.73 Å². The number of hydrogen-bond donors (Lipinski definition) is 2. The highest BCUT2D eigenvalue weighted by molar-refractivity contribution is 9.10. The van der Waals surface area contributed by atoms with E-state index in [2.05, 4.69) is 15.9 Å². The molecule has 0 heterocycles. The summed E-state index contributed by atoms with van der Waals surface area (Å²) in [5.41, 5.74) is 3.99. The first-order valence-electron chi connectivity index (χ1n) is 4.73. The minimum absolute atomic E-state index is 0.119. The molecule has 4 nitrogen and oxygen atoms in total. The standard InChI is InChI=1S/C9H10BrF3N2O2S/c10-7-2-1-6(9(11,12)13)5-8(7)15-18(16,17)4-3-14/h1-2,5,15H,3-4,14H2. The largest absolute Gasteiger partial charge is 0.416 e. The summed E-state index contributed by atoms with van der Waals surface area (Å²) in [6.45, 7) is -0.119. The van der Waals surface area contributed by atoms with Gasteiger partial charge in [-0.05, 0) is 34.1 Å². The van der Waals surface area contributed by atoms with Crippen LogP contribution in [0.25, 0.3) is 0 Å². The summed E-state index contributed by atoms with van der Waals surface area (Å²) < 4.78 is 62.5. The van der Waals surface area contributed by atoms with Gasteiger partial charge in [0.15, 0.2) is 0 Å². The van der Waals surface area contributed by atoms with Gasteiger partial charge in [0.1, 0.15) is 0 Å². The van der Waals surface area contributed by atoms with Crippen molar-refractivity contribution in [3.8, 4) is 0 Å². The average Bonchev–Trinajstić information content (AvgIpc) is 2.19. The molecule has 3 N–H and O–H groups in total. The van der Waals surface area contributed by atoms with Crippen molar-refractivity contribution >= 4 is 31.6 Å². The van der Waals surface area contributed by atoms with Crippen LogP contribution < -0.4 is 10.5 Å². The molecule has 0 unspecified atom stereocenters. The van der Waals surface area contributed by atoms with Crippen LogP contribution in [0.15, 0.2) is 22.7 Å². The first-order valence-corrected chi connectivity index (χ1v) is 7.17. The fraction of sp³-hybridized carbons (Fsp3) is 0.333. The van der Waals surface area contributed by atoms with Crippen molar-refractivity contribution in [2.24, 2.45) is 5.73 Å². The molecule has 1 aromatic carbocycles. The van der Waals surface area contributed by atoms with E-state index in [1.165, 1.54) is 0 Å². The molecule has 0 amide bonds. The Kier molecular flexibility index (Phi) is 4.62. The van der Waals surface area contributed by atoms with Crippen LogP contribution in [-0.4, -0.2) is 20.7 Å². The highest BCUT2D eigenvalue weighted by Crippen LogP contribution is 2.34. The minimum Gasteiger partial charge on any atom is -0.329 e. The van der Waals surface area contributed by atoms with Gasteiger partial charge in [-0.15, -0.1) is 0 Å². The van der Waals surface area contributed by atoms with Gasteiger partial charge in [-0.2, -0.15) is 13.2 Å². The van der Waals surface area contributed by atoms with E-state index in [-0.39, 0.29) is 22.5 Å². The summed E-state index contributed by atoms with van der Waals surface area (Å²) in [5.74, 6) is -0.365. The molecular weight excluding hydrogens is 337 g/mol. The Morgan fingerprint density at radius 1 is 1.33 bits per heavy atom. The van der Waals surface area contributed by atoms with Crippen LogP contribution in [0, 0.1) is 0 Å². The van der Waals surface area contributed by atoms with Crippen LogP contribution in [0.4, 0.5) is 18.9 Å². The third-order valence-electron chi connectivity index (χ3n) is 1.95. The van der Waals surface area contributed by atoms with Crippen molar-refractivity contribution in [3.63, 3.8) is 0 Å². The van der Waals surface area contributed by atoms with E-state index in [0.29, 0.717) is 0 Å². The molecule has 0 aliphatic carbocycles. The van der Waals surface area contributed by atoms with Gasteiger partial charge in [0.25, 0.3) is 0 Å². The summed E-state index contributed by atoms with van der Waals surface area (Å²) in [4.78, 5) is 0. The third kappa shape index (κ3) is 4.14.